The zero-order valence-electron chi connectivity index (χ0n) is 13.5. The Hall–Kier alpha value is -2.96. The van der Waals surface area contributed by atoms with E-state index in [0.29, 0.717) is 27.8 Å². The first-order valence-corrected chi connectivity index (χ1v) is 7.90. The first-order valence-electron chi connectivity index (χ1n) is 7.90. The third kappa shape index (κ3) is 2.61. The van der Waals surface area contributed by atoms with Crippen LogP contribution >= 0.6 is 0 Å². The number of aryl methyl sites for hydroxylation is 1. The first-order chi connectivity index (χ1) is 12.0. The number of pyridine rings is 1. The minimum Gasteiger partial charge on any atom is -0.396 e. The Morgan fingerprint density at radius 3 is 2.84 bits per heavy atom. The van der Waals surface area contributed by atoms with E-state index in [4.69, 9.17) is 5.73 Å². The summed E-state index contributed by atoms with van der Waals surface area (Å²) in [6.45, 7) is 0. The average Bonchev–Trinajstić information content (AvgIpc) is 3.17. The van der Waals surface area contributed by atoms with Gasteiger partial charge in [-0.3, -0.25) is 4.79 Å². The summed E-state index contributed by atoms with van der Waals surface area (Å²) in [6, 6.07) is 6.90. The zero-order valence-corrected chi connectivity index (χ0v) is 13.5. The number of nitrogens with one attached hydrogen (secondary N) is 1. The van der Waals surface area contributed by atoms with Crippen molar-refractivity contribution in [3.63, 3.8) is 0 Å². The lowest BCUT2D eigenvalue weighted by atomic mass is 10.0. The fourth-order valence-corrected chi connectivity index (χ4v) is 2.95. The number of nitrogen functional groups attached to an aromatic ring is 1. The smallest absolute Gasteiger partial charge is 0.231 e. The molecule has 3 N–H and O–H groups in total. The van der Waals surface area contributed by atoms with E-state index in [1.54, 1.807) is 22.8 Å². The quantitative estimate of drug-likeness (QED) is 0.718. The summed E-state index contributed by atoms with van der Waals surface area (Å²) in [7, 11) is 1.82. The minimum atomic E-state index is -1.07. The van der Waals surface area contributed by atoms with Gasteiger partial charge in [0, 0.05) is 30.4 Å². The summed E-state index contributed by atoms with van der Waals surface area (Å²) in [5, 5.41) is 3.70. The molecule has 0 aliphatic heterocycles. The van der Waals surface area contributed by atoms with Crippen LogP contribution in [-0.2, 0) is 11.8 Å². The molecule has 3 aromatic rings. The van der Waals surface area contributed by atoms with Gasteiger partial charge in [0.05, 0.1) is 17.3 Å². The predicted octanol–water partition coefficient (Wildman–Crippen LogP) is 3.26. The van der Waals surface area contributed by atoms with Crippen LogP contribution in [0.15, 0.2) is 36.7 Å². The SMILES string of the molecule is Cn1cccc1-c1cc2cc(NC(=O)C3C[C@H]3F)ncc2c(N)c1F. The average molecular weight is 342 g/mol. The van der Waals surface area contributed by atoms with Gasteiger partial charge >= 0.3 is 0 Å². The monoisotopic (exact) mass is 342 g/mol. The Kier molecular flexibility index (Phi) is 3.45. The van der Waals surface area contributed by atoms with Gasteiger partial charge in [0.2, 0.25) is 5.91 Å². The number of benzene rings is 1. The molecule has 0 radical (unpaired) electrons. The molecule has 0 saturated heterocycles. The van der Waals surface area contributed by atoms with Crippen LogP contribution in [0.1, 0.15) is 6.42 Å². The molecule has 2 heterocycles. The summed E-state index contributed by atoms with van der Waals surface area (Å²) in [6.07, 6.45) is 2.40. The van der Waals surface area contributed by atoms with Gasteiger partial charge in [0.1, 0.15) is 12.0 Å². The molecule has 5 nitrogen and oxygen atoms in total. The number of hydrogen-bond donors (Lipinski definition) is 2. The normalized spacial score (nSPS) is 19.2. The molecular weight excluding hydrogens is 326 g/mol. The lowest BCUT2D eigenvalue weighted by molar-refractivity contribution is -0.117. The number of rotatable bonds is 3. The molecule has 1 amide bonds. The van der Waals surface area contributed by atoms with Crippen molar-refractivity contribution in [3.8, 4) is 11.3 Å². The largest absolute Gasteiger partial charge is 0.396 e. The van der Waals surface area contributed by atoms with Crippen molar-refractivity contribution in [2.24, 2.45) is 13.0 Å². The van der Waals surface area contributed by atoms with Crippen molar-refractivity contribution in [2.75, 3.05) is 11.1 Å². The predicted molar refractivity (Wildman–Crippen MR) is 92.2 cm³/mol. The van der Waals surface area contributed by atoms with E-state index < -0.39 is 23.8 Å². The molecule has 128 valence electrons. The summed E-state index contributed by atoms with van der Waals surface area (Å²) in [5.41, 5.74) is 7.00. The number of halogens is 2. The maximum absolute atomic E-state index is 14.7. The highest BCUT2D eigenvalue weighted by atomic mass is 19.1. The number of hydrogen-bond acceptors (Lipinski definition) is 3. The summed E-state index contributed by atoms with van der Waals surface area (Å²) >= 11 is 0. The van der Waals surface area contributed by atoms with Crippen LogP contribution in [-0.4, -0.2) is 21.6 Å². The van der Waals surface area contributed by atoms with Crippen LogP contribution < -0.4 is 11.1 Å². The maximum atomic E-state index is 14.7. The van der Waals surface area contributed by atoms with E-state index in [9.17, 15) is 13.6 Å². The van der Waals surface area contributed by atoms with Crippen LogP contribution in [0.2, 0.25) is 0 Å². The van der Waals surface area contributed by atoms with Crippen LogP contribution in [0.25, 0.3) is 22.0 Å². The maximum Gasteiger partial charge on any atom is 0.231 e. The molecule has 1 aliphatic carbocycles. The summed E-state index contributed by atoms with van der Waals surface area (Å²) < 4.78 is 29.4. The highest BCUT2D eigenvalue weighted by Crippen LogP contribution is 2.36. The van der Waals surface area contributed by atoms with E-state index in [0.717, 1.165) is 0 Å². The highest BCUT2D eigenvalue weighted by molar-refractivity contribution is 6.00. The molecule has 1 unspecified atom stereocenters. The molecule has 25 heavy (non-hydrogen) atoms. The van der Waals surface area contributed by atoms with E-state index in [-0.39, 0.29) is 12.1 Å². The molecule has 1 aromatic carbocycles. The number of aromatic nitrogens is 2. The summed E-state index contributed by atoms with van der Waals surface area (Å²) in [4.78, 5) is 15.9. The molecule has 2 aromatic heterocycles. The van der Waals surface area contributed by atoms with E-state index >= 15 is 0 Å². The third-order valence-corrected chi connectivity index (χ3v) is 4.52. The first kappa shape index (κ1) is 15.6. The van der Waals surface area contributed by atoms with Crippen LogP contribution in [0.4, 0.5) is 20.3 Å². The zero-order chi connectivity index (χ0) is 17.7. The van der Waals surface area contributed by atoms with E-state index in [2.05, 4.69) is 10.3 Å². The van der Waals surface area contributed by atoms with E-state index in [1.165, 1.54) is 6.20 Å². The van der Waals surface area contributed by atoms with Gasteiger partial charge in [0.15, 0.2) is 5.82 Å². The van der Waals surface area contributed by atoms with E-state index in [1.807, 2.05) is 19.3 Å². The second-order valence-electron chi connectivity index (χ2n) is 6.29. The Bertz CT molecular complexity index is 998. The Labute approximate surface area is 142 Å². The molecule has 4 rings (SSSR count). The fraction of sp³-hybridized carbons (Fsp3) is 0.222. The molecule has 0 bridgehead atoms. The van der Waals surface area contributed by atoms with Crippen LogP contribution in [0.3, 0.4) is 0 Å². The number of nitrogens with zero attached hydrogens (tertiary/aromatic N) is 2. The number of fused-ring (bicyclic) bond motifs is 1. The van der Waals surface area contributed by atoms with Gasteiger partial charge < -0.3 is 15.6 Å². The number of amides is 1. The number of carbonyl (C=O) groups is 1. The Balaban J connectivity index is 1.77. The minimum absolute atomic E-state index is 0.00471. The van der Waals surface area contributed by atoms with Crippen molar-refractivity contribution < 1.29 is 13.6 Å². The Morgan fingerprint density at radius 1 is 1.44 bits per heavy atom. The van der Waals surface area contributed by atoms with Gasteiger partial charge in [-0.05, 0) is 36.1 Å². The second-order valence-corrected chi connectivity index (χ2v) is 6.29. The van der Waals surface area contributed by atoms with Crippen molar-refractivity contribution in [1.29, 1.82) is 0 Å². The van der Waals surface area contributed by atoms with Crippen molar-refractivity contribution >= 4 is 28.2 Å². The van der Waals surface area contributed by atoms with Crippen LogP contribution in [0, 0.1) is 11.7 Å². The Morgan fingerprint density at radius 2 is 2.20 bits per heavy atom. The second kappa shape index (κ2) is 5.54. The standard InChI is InChI=1S/C18H16F2N4O/c1-24-4-2-3-14(24)11-5-9-6-15(23-18(25)10-7-13(10)19)22-8-12(9)17(21)16(11)20/h2-6,8,10,13H,7,21H2,1H3,(H,22,23,25)/t10?,13-/m1/s1. The lowest BCUT2D eigenvalue weighted by Gasteiger charge is -2.12. The van der Waals surface area contributed by atoms with Gasteiger partial charge in [-0.25, -0.2) is 13.8 Å². The lowest BCUT2D eigenvalue weighted by Crippen LogP contribution is -2.15. The fourth-order valence-electron chi connectivity index (χ4n) is 2.95. The third-order valence-electron chi connectivity index (χ3n) is 4.52. The highest BCUT2D eigenvalue weighted by Gasteiger charge is 2.43. The molecular formula is C18H16F2N4O. The van der Waals surface area contributed by atoms with Gasteiger partial charge in [-0.1, -0.05) is 0 Å². The topological polar surface area (TPSA) is 72.9 Å². The van der Waals surface area contributed by atoms with Crippen molar-refractivity contribution in [3.05, 3.63) is 42.5 Å². The molecule has 0 spiro atoms. The number of nitrogens with two attached hydrogens (primary N) is 1. The number of anilines is 2. The summed E-state index contributed by atoms with van der Waals surface area (Å²) in [5.74, 6) is -1.21. The molecule has 1 saturated carbocycles. The molecule has 1 fully saturated rings. The van der Waals surface area contributed by atoms with Crippen LogP contribution in [0.5, 0.6) is 0 Å². The number of alkyl halides is 1. The van der Waals surface area contributed by atoms with Gasteiger partial charge in [0.25, 0.3) is 0 Å². The molecule has 7 heteroatoms. The van der Waals surface area contributed by atoms with Gasteiger partial charge in [-0.15, -0.1) is 0 Å². The molecule has 2 atom stereocenters. The number of carbonyl (C=O) groups excluding carboxylic acids is 1. The molecule has 1 aliphatic rings. The van der Waals surface area contributed by atoms with Crippen molar-refractivity contribution in [2.45, 2.75) is 12.6 Å². The van der Waals surface area contributed by atoms with Gasteiger partial charge in [-0.2, -0.15) is 0 Å². The van der Waals surface area contributed by atoms with Crippen molar-refractivity contribution in [1.82, 2.24) is 9.55 Å².